The maximum absolute atomic E-state index is 12.7. The van der Waals surface area contributed by atoms with Crippen molar-refractivity contribution in [2.24, 2.45) is 0 Å². The van der Waals surface area contributed by atoms with Crippen molar-refractivity contribution in [1.82, 2.24) is 10.0 Å². The Hall–Kier alpha value is -1.19. The highest BCUT2D eigenvalue weighted by atomic mass is 35.5. The minimum Gasteiger partial charge on any atom is -0.378 e. The molecule has 0 aliphatic carbocycles. The van der Waals surface area contributed by atoms with Crippen LogP contribution in [0, 0.1) is 0 Å². The number of ether oxygens (including phenoxy) is 1. The number of fused-ring (bicyclic) bond motifs is 1. The summed E-state index contributed by atoms with van der Waals surface area (Å²) in [4.78, 5) is 14.5. The molecule has 0 aromatic heterocycles. The van der Waals surface area contributed by atoms with Crippen molar-refractivity contribution in [3.05, 3.63) is 23.8 Å². The van der Waals surface area contributed by atoms with Crippen LogP contribution in [0.2, 0.25) is 0 Å². The third-order valence-corrected chi connectivity index (χ3v) is 5.63. The number of sulfonamides is 1. The van der Waals surface area contributed by atoms with Gasteiger partial charge >= 0.3 is 0 Å². The molecule has 1 aromatic rings. The normalized spacial score (nSPS) is 20.4. The van der Waals surface area contributed by atoms with Crippen molar-refractivity contribution in [3.63, 3.8) is 0 Å². The van der Waals surface area contributed by atoms with Crippen LogP contribution in [0.15, 0.2) is 23.1 Å². The summed E-state index contributed by atoms with van der Waals surface area (Å²) in [5.74, 6) is -0.0681. The standard InChI is InChI=1S/C15H21N3O4S.ClH/c1-2-17-23(20,21)12-4-3-11-5-7-18(14(11)9-12)15(19)13-10-22-8-6-16-13;/h3-4,9,13,16-17H,2,5-8,10H2,1H3;1H. The van der Waals surface area contributed by atoms with Gasteiger partial charge in [-0.3, -0.25) is 4.79 Å². The number of hydrogen-bond donors (Lipinski definition) is 2. The van der Waals surface area contributed by atoms with Gasteiger partial charge in [0.15, 0.2) is 0 Å². The van der Waals surface area contributed by atoms with Crippen LogP contribution in [0.3, 0.4) is 0 Å². The summed E-state index contributed by atoms with van der Waals surface area (Å²) in [6.45, 7) is 4.22. The van der Waals surface area contributed by atoms with Gasteiger partial charge in [0.1, 0.15) is 6.04 Å². The molecule has 0 spiro atoms. The smallest absolute Gasteiger partial charge is 0.246 e. The molecule has 0 saturated carbocycles. The second kappa shape index (κ2) is 7.79. The van der Waals surface area contributed by atoms with Gasteiger partial charge in [0.25, 0.3) is 0 Å². The Morgan fingerprint density at radius 3 is 2.92 bits per heavy atom. The summed E-state index contributed by atoms with van der Waals surface area (Å²) in [5, 5.41) is 3.14. The molecule has 2 N–H and O–H groups in total. The number of anilines is 1. The largest absolute Gasteiger partial charge is 0.378 e. The molecule has 1 fully saturated rings. The first-order chi connectivity index (χ1) is 11.0. The molecule has 2 heterocycles. The van der Waals surface area contributed by atoms with E-state index in [0.717, 1.165) is 12.0 Å². The minimum atomic E-state index is -3.53. The second-order valence-corrected chi connectivity index (χ2v) is 7.38. The van der Waals surface area contributed by atoms with Crippen molar-refractivity contribution >= 4 is 34.0 Å². The van der Waals surface area contributed by atoms with E-state index in [0.29, 0.717) is 38.5 Å². The van der Waals surface area contributed by atoms with Gasteiger partial charge < -0.3 is 15.0 Å². The highest BCUT2D eigenvalue weighted by Crippen LogP contribution is 2.31. The minimum absolute atomic E-state index is 0. The van der Waals surface area contributed by atoms with Gasteiger partial charge in [0.2, 0.25) is 15.9 Å². The number of carbonyl (C=O) groups is 1. The molecule has 1 atom stereocenters. The van der Waals surface area contributed by atoms with Gasteiger partial charge in [0.05, 0.1) is 18.1 Å². The van der Waals surface area contributed by atoms with Crippen LogP contribution in [0.5, 0.6) is 0 Å². The number of hydrogen-bond acceptors (Lipinski definition) is 5. The Kier molecular flexibility index (Phi) is 6.22. The molecule has 2 aliphatic heterocycles. The van der Waals surface area contributed by atoms with Crippen molar-refractivity contribution in [3.8, 4) is 0 Å². The molecule has 134 valence electrons. The van der Waals surface area contributed by atoms with Crippen molar-refractivity contribution in [2.45, 2.75) is 24.3 Å². The summed E-state index contributed by atoms with van der Waals surface area (Å²) in [6.07, 6.45) is 0.732. The second-order valence-electron chi connectivity index (χ2n) is 5.61. The fourth-order valence-electron chi connectivity index (χ4n) is 2.94. The maximum atomic E-state index is 12.7. The average molecular weight is 376 g/mol. The molecule has 24 heavy (non-hydrogen) atoms. The van der Waals surface area contributed by atoms with E-state index in [9.17, 15) is 13.2 Å². The lowest BCUT2D eigenvalue weighted by atomic mass is 10.1. The maximum Gasteiger partial charge on any atom is 0.246 e. The van der Waals surface area contributed by atoms with E-state index in [4.69, 9.17) is 4.74 Å². The number of carbonyl (C=O) groups excluding carboxylic acids is 1. The zero-order valence-corrected chi connectivity index (χ0v) is 15.1. The molecule has 3 rings (SSSR count). The van der Waals surface area contributed by atoms with E-state index in [1.165, 1.54) is 0 Å². The van der Waals surface area contributed by atoms with Crippen LogP contribution in [-0.2, 0) is 26.0 Å². The van der Waals surface area contributed by atoms with E-state index in [1.54, 1.807) is 30.0 Å². The van der Waals surface area contributed by atoms with Crippen LogP contribution in [0.1, 0.15) is 12.5 Å². The van der Waals surface area contributed by atoms with Gasteiger partial charge in [-0.1, -0.05) is 13.0 Å². The Morgan fingerprint density at radius 2 is 2.25 bits per heavy atom. The first-order valence-corrected chi connectivity index (χ1v) is 9.26. The Morgan fingerprint density at radius 1 is 1.46 bits per heavy atom. The first-order valence-electron chi connectivity index (χ1n) is 7.78. The van der Waals surface area contributed by atoms with E-state index in [2.05, 4.69) is 10.0 Å². The van der Waals surface area contributed by atoms with Crippen LogP contribution < -0.4 is 14.9 Å². The summed E-state index contributed by atoms with van der Waals surface area (Å²) < 4.78 is 32.1. The van der Waals surface area contributed by atoms with Crippen molar-refractivity contribution in [2.75, 3.05) is 37.7 Å². The van der Waals surface area contributed by atoms with E-state index in [1.807, 2.05) is 0 Å². The van der Waals surface area contributed by atoms with E-state index >= 15 is 0 Å². The molecule has 2 aliphatic rings. The zero-order chi connectivity index (χ0) is 16.4. The number of amides is 1. The molecule has 7 nitrogen and oxygen atoms in total. The third-order valence-electron chi connectivity index (χ3n) is 4.08. The fraction of sp³-hybridized carbons (Fsp3) is 0.533. The Bertz CT molecular complexity index is 705. The van der Waals surface area contributed by atoms with Crippen LogP contribution in [0.4, 0.5) is 5.69 Å². The lowest BCUT2D eigenvalue weighted by Crippen LogP contribution is -2.52. The van der Waals surface area contributed by atoms with Gasteiger partial charge in [-0.25, -0.2) is 13.1 Å². The summed E-state index contributed by atoms with van der Waals surface area (Å²) in [6, 6.07) is 4.59. The predicted molar refractivity (Wildman–Crippen MR) is 93.2 cm³/mol. The molecule has 1 unspecified atom stereocenters. The number of nitrogens with zero attached hydrogens (tertiary/aromatic N) is 1. The molecule has 9 heteroatoms. The van der Waals surface area contributed by atoms with E-state index in [-0.39, 0.29) is 29.3 Å². The Labute approximate surface area is 148 Å². The molecule has 1 saturated heterocycles. The summed E-state index contributed by atoms with van der Waals surface area (Å²) >= 11 is 0. The zero-order valence-electron chi connectivity index (χ0n) is 13.4. The number of benzene rings is 1. The average Bonchev–Trinajstić information content (AvgIpc) is 2.98. The molecule has 0 radical (unpaired) electrons. The number of nitrogens with one attached hydrogen (secondary N) is 2. The third kappa shape index (κ3) is 3.73. The quantitative estimate of drug-likeness (QED) is 0.789. The highest BCUT2D eigenvalue weighted by Gasteiger charge is 2.32. The Balaban J connectivity index is 0.00000208. The van der Waals surface area contributed by atoms with Gasteiger partial charge in [0, 0.05) is 25.3 Å². The molecular formula is C15H22ClN3O4S. The van der Waals surface area contributed by atoms with Crippen molar-refractivity contribution < 1.29 is 17.9 Å². The fourth-order valence-corrected chi connectivity index (χ4v) is 4.00. The first kappa shape index (κ1) is 19.1. The van der Waals surface area contributed by atoms with Crippen molar-refractivity contribution in [1.29, 1.82) is 0 Å². The number of morpholine rings is 1. The van der Waals surface area contributed by atoms with Gasteiger partial charge in [-0.2, -0.15) is 0 Å². The SMILES string of the molecule is CCNS(=O)(=O)c1ccc2c(c1)N(C(=O)C1COCCN1)CC2.Cl. The monoisotopic (exact) mass is 375 g/mol. The lowest BCUT2D eigenvalue weighted by Gasteiger charge is -2.27. The predicted octanol–water partition coefficient (Wildman–Crippen LogP) is 0.284. The van der Waals surface area contributed by atoms with E-state index < -0.39 is 10.0 Å². The van der Waals surface area contributed by atoms with Gasteiger partial charge in [-0.15, -0.1) is 12.4 Å². The van der Waals surface area contributed by atoms with Crippen LogP contribution in [-0.4, -0.2) is 53.2 Å². The van der Waals surface area contributed by atoms with Crippen LogP contribution >= 0.6 is 12.4 Å². The molecule has 1 aromatic carbocycles. The molecule has 1 amide bonds. The highest BCUT2D eigenvalue weighted by molar-refractivity contribution is 7.89. The number of halogens is 1. The lowest BCUT2D eigenvalue weighted by molar-refractivity contribution is -0.123. The number of rotatable bonds is 4. The summed E-state index contributed by atoms with van der Waals surface area (Å²) in [7, 11) is -3.53. The summed E-state index contributed by atoms with van der Waals surface area (Å²) in [5.41, 5.74) is 1.67. The molecule has 0 bridgehead atoms. The topological polar surface area (TPSA) is 87.7 Å². The molecular weight excluding hydrogens is 354 g/mol. The van der Waals surface area contributed by atoms with Crippen LogP contribution in [0.25, 0.3) is 0 Å². The van der Waals surface area contributed by atoms with Gasteiger partial charge in [-0.05, 0) is 24.1 Å².